The van der Waals surface area contributed by atoms with Crippen LogP contribution in [0.15, 0.2) is 24.3 Å². The molecule has 1 unspecified atom stereocenters. The van der Waals surface area contributed by atoms with Gasteiger partial charge in [-0.1, -0.05) is 12.1 Å². The molecule has 116 valence electrons. The molecule has 0 aromatic heterocycles. The lowest BCUT2D eigenvalue weighted by Gasteiger charge is -2.20. The van der Waals surface area contributed by atoms with Crippen LogP contribution in [0, 0.1) is 0 Å². The second kappa shape index (κ2) is 7.64. The number of benzene rings is 1. The standard InChI is InChI=1S/C15H22N2O4/c1-11(20-12(2)18)13-6-8-14(9-7-13)21-15(19)17(5)10-16(3)4/h6-9,11H,10H2,1-5H3. The molecule has 1 rings (SSSR count). The lowest BCUT2D eigenvalue weighted by atomic mass is 10.1. The molecule has 0 fully saturated rings. The Labute approximate surface area is 125 Å². The average Bonchev–Trinajstić information content (AvgIpc) is 2.37. The monoisotopic (exact) mass is 294 g/mol. The van der Waals surface area contributed by atoms with Crippen molar-refractivity contribution in [3.8, 4) is 5.75 Å². The average molecular weight is 294 g/mol. The molecule has 1 aromatic rings. The van der Waals surface area contributed by atoms with E-state index < -0.39 is 6.09 Å². The Morgan fingerprint density at radius 3 is 2.19 bits per heavy atom. The number of carbonyl (C=O) groups is 2. The van der Waals surface area contributed by atoms with Crippen LogP contribution in [0.1, 0.15) is 25.5 Å². The van der Waals surface area contributed by atoms with Gasteiger partial charge in [-0.2, -0.15) is 0 Å². The number of amides is 1. The minimum atomic E-state index is -0.426. The van der Waals surface area contributed by atoms with Crippen LogP contribution in [0.4, 0.5) is 4.79 Å². The van der Waals surface area contributed by atoms with E-state index >= 15 is 0 Å². The number of esters is 1. The Kier molecular flexibility index (Phi) is 6.17. The van der Waals surface area contributed by atoms with E-state index in [9.17, 15) is 9.59 Å². The molecule has 0 heterocycles. The third-order valence-electron chi connectivity index (χ3n) is 2.70. The molecular formula is C15H22N2O4. The zero-order valence-corrected chi connectivity index (χ0v) is 13.1. The van der Waals surface area contributed by atoms with Crippen molar-refractivity contribution in [2.45, 2.75) is 20.0 Å². The summed E-state index contributed by atoms with van der Waals surface area (Å²) in [7, 11) is 5.41. The van der Waals surface area contributed by atoms with E-state index in [-0.39, 0.29) is 12.1 Å². The van der Waals surface area contributed by atoms with Gasteiger partial charge in [0.1, 0.15) is 11.9 Å². The summed E-state index contributed by atoms with van der Waals surface area (Å²) in [4.78, 5) is 26.1. The minimum absolute atomic E-state index is 0.330. The van der Waals surface area contributed by atoms with Crippen molar-refractivity contribution in [1.29, 1.82) is 0 Å². The normalized spacial score (nSPS) is 11.9. The van der Waals surface area contributed by atoms with Gasteiger partial charge in [0.2, 0.25) is 0 Å². The number of ether oxygens (including phenoxy) is 2. The summed E-state index contributed by atoms with van der Waals surface area (Å²) in [5, 5.41) is 0. The molecule has 0 saturated heterocycles. The summed E-state index contributed by atoms with van der Waals surface area (Å²) in [6.45, 7) is 3.63. The highest BCUT2D eigenvalue weighted by atomic mass is 16.6. The van der Waals surface area contributed by atoms with Crippen molar-refractivity contribution < 1.29 is 19.1 Å². The van der Waals surface area contributed by atoms with E-state index in [0.29, 0.717) is 12.4 Å². The van der Waals surface area contributed by atoms with E-state index in [4.69, 9.17) is 9.47 Å². The number of carbonyl (C=O) groups excluding carboxylic acids is 2. The lowest BCUT2D eigenvalue weighted by Crippen LogP contribution is -2.37. The van der Waals surface area contributed by atoms with Gasteiger partial charge in [-0.25, -0.2) is 4.79 Å². The van der Waals surface area contributed by atoms with Crippen LogP contribution in [0.3, 0.4) is 0 Å². The van der Waals surface area contributed by atoms with Gasteiger partial charge in [0.05, 0.1) is 6.67 Å². The Hall–Kier alpha value is -2.08. The second-order valence-corrected chi connectivity index (χ2v) is 5.11. The first-order chi connectivity index (χ1) is 9.79. The summed E-state index contributed by atoms with van der Waals surface area (Å²) < 4.78 is 10.3. The van der Waals surface area contributed by atoms with Crippen molar-refractivity contribution in [3.05, 3.63) is 29.8 Å². The maximum Gasteiger partial charge on any atom is 0.416 e. The molecule has 6 nitrogen and oxygen atoms in total. The van der Waals surface area contributed by atoms with E-state index in [1.807, 2.05) is 19.0 Å². The molecule has 0 bridgehead atoms. The van der Waals surface area contributed by atoms with Gasteiger partial charge in [0.15, 0.2) is 0 Å². The summed E-state index contributed by atoms with van der Waals surface area (Å²) in [5.41, 5.74) is 0.839. The van der Waals surface area contributed by atoms with Gasteiger partial charge in [0.25, 0.3) is 0 Å². The summed E-state index contributed by atoms with van der Waals surface area (Å²) in [5.74, 6) is 0.118. The fourth-order valence-electron chi connectivity index (χ4n) is 1.78. The van der Waals surface area contributed by atoms with Gasteiger partial charge < -0.3 is 9.47 Å². The van der Waals surface area contributed by atoms with Crippen molar-refractivity contribution in [2.24, 2.45) is 0 Å². The maximum absolute atomic E-state index is 11.8. The first kappa shape index (κ1) is 17.0. The quantitative estimate of drug-likeness (QED) is 0.616. The predicted molar refractivity (Wildman–Crippen MR) is 79.0 cm³/mol. The molecule has 6 heteroatoms. The fraction of sp³-hybridized carbons (Fsp3) is 0.467. The van der Waals surface area contributed by atoms with E-state index in [1.54, 1.807) is 38.2 Å². The third kappa shape index (κ3) is 5.83. The van der Waals surface area contributed by atoms with Gasteiger partial charge in [-0.3, -0.25) is 14.6 Å². The SMILES string of the molecule is CC(=O)OC(C)c1ccc(OC(=O)N(C)CN(C)C)cc1. The van der Waals surface area contributed by atoms with Gasteiger partial charge >= 0.3 is 12.1 Å². The molecule has 0 aliphatic carbocycles. The van der Waals surface area contributed by atoms with Crippen LogP contribution in [0.5, 0.6) is 5.75 Å². The van der Waals surface area contributed by atoms with Crippen molar-refractivity contribution >= 4 is 12.1 Å². The zero-order valence-electron chi connectivity index (χ0n) is 13.1. The van der Waals surface area contributed by atoms with Crippen molar-refractivity contribution in [3.63, 3.8) is 0 Å². The smallest absolute Gasteiger partial charge is 0.416 e. The van der Waals surface area contributed by atoms with Gasteiger partial charge in [-0.15, -0.1) is 0 Å². The molecule has 21 heavy (non-hydrogen) atoms. The summed E-state index contributed by atoms with van der Waals surface area (Å²) >= 11 is 0. The van der Waals surface area contributed by atoms with Crippen molar-refractivity contribution in [1.82, 2.24) is 9.80 Å². The third-order valence-corrected chi connectivity index (χ3v) is 2.70. The number of nitrogens with zero attached hydrogens (tertiary/aromatic N) is 2. The topological polar surface area (TPSA) is 59.1 Å². The van der Waals surface area contributed by atoms with E-state index in [0.717, 1.165) is 5.56 Å². The zero-order chi connectivity index (χ0) is 16.0. The lowest BCUT2D eigenvalue weighted by molar-refractivity contribution is -0.145. The largest absolute Gasteiger partial charge is 0.458 e. The predicted octanol–water partition coefficient (Wildman–Crippen LogP) is 2.26. The fourth-order valence-corrected chi connectivity index (χ4v) is 1.78. The highest BCUT2D eigenvalue weighted by Crippen LogP contribution is 2.20. The first-order valence-corrected chi connectivity index (χ1v) is 6.64. The Bertz CT molecular complexity index is 485. The number of hydrogen-bond donors (Lipinski definition) is 0. The van der Waals surface area contributed by atoms with Crippen LogP contribution >= 0.6 is 0 Å². The first-order valence-electron chi connectivity index (χ1n) is 6.64. The van der Waals surface area contributed by atoms with Crippen molar-refractivity contribution in [2.75, 3.05) is 27.8 Å². The highest BCUT2D eigenvalue weighted by molar-refractivity contribution is 5.70. The van der Waals surface area contributed by atoms with Crippen LogP contribution in [0.2, 0.25) is 0 Å². The molecule has 1 amide bonds. The summed E-state index contributed by atoms with van der Waals surface area (Å²) in [6, 6.07) is 6.89. The van der Waals surface area contributed by atoms with E-state index in [2.05, 4.69) is 0 Å². The Morgan fingerprint density at radius 1 is 1.14 bits per heavy atom. The van der Waals surface area contributed by atoms with Crippen LogP contribution in [0.25, 0.3) is 0 Å². The molecule has 1 aromatic carbocycles. The molecule has 0 spiro atoms. The molecule has 0 N–H and O–H groups in total. The van der Waals surface area contributed by atoms with Gasteiger partial charge in [0, 0.05) is 14.0 Å². The molecule has 1 atom stereocenters. The number of rotatable bonds is 5. The Balaban J connectivity index is 2.62. The van der Waals surface area contributed by atoms with Crippen LogP contribution in [-0.2, 0) is 9.53 Å². The molecule has 0 aliphatic heterocycles. The highest BCUT2D eigenvalue weighted by Gasteiger charge is 2.13. The van der Waals surface area contributed by atoms with E-state index in [1.165, 1.54) is 11.8 Å². The Morgan fingerprint density at radius 2 is 1.71 bits per heavy atom. The molecule has 0 saturated carbocycles. The van der Waals surface area contributed by atoms with Crippen LogP contribution < -0.4 is 4.74 Å². The second-order valence-electron chi connectivity index (χ2n) is 5.11. The minimum Gasteiger partial charge on any atom is -0.458 e. The van der Waals surface area contributed by atoms with Crippen LogP contribution in [-0.4, -0.2) is 49.7 Å². The molecule has 0 aliphatic rings. The molecular weight excluding hydrogens is 272 g/mol. The number of hydrogen-bond acceptors (Lipinski definition) is 5. The molecule has 0 radical (unpaired) electrons. The summed E-state index contributed by atoms with van der Waals surface area (Å²) in [6.07, 6.45) is -0.756. The van der Waals surface area contributed by atoms with Gasteiger partial charge in [-0.05, 0) is 38.7 Å². The maximum atomic E-state index is 11.8.